The number of methoxy groups -OCH3 is 1. The van der Waals surface area contributed by atoms with Crippen molar-refractivity contribution in [2.45, 2.75) is 52.2 Å². The predicted molar refractivity (Wildman–Crippen MR) is 75.6 cm³/mol. The highest BCUT2D eigenvalue weighted by Crippen LogP contribution is 2.22. The number of aryl methyl sites for hydroxylation is 1. The maximum absolute atomic E-state index is 6.18. The van der Waals surface area contributed by atoms with Gasteiger partial charge in [-0.15, -0.1) is 6.58 Å². The van der Waals surface area contributed by atoms with E-state index >= 15 is 0 Å². The maximum atomic E-state index is 6.18. The number of rotatable bonds is 7. The van der Waals surface area contributed by atoms with Gasteiger partial charge in [0.05, 0.1) is 11.3 Å². The Kier molecular flexibility index (Phi) is 4.96. The molecule has 0 aliphatic heterocycles. The lowest BCUT2D eigenvalue weighted by Gasteiger charge is -2.21. The molecule has 0 unspecified atom stereocenters. The molecule has 0 bridgehead atoms. The number of hydrogen-bond donors (Lipinski definition) is 1. The molecule has 18 heavy (non-hydrogen) atoms. The van der Waals surface area contributed by atoms with Crippen LogP contribution in [0.4, 0.5) is 5.82 Å². The van der Waals surface area contributed by atoms with Crippen LogP contribution >= 0.6 is 0 Å². The van der Waals surface area contributed by atoms with E-state index in [-0.39, 0.29) is 5.60 Å². The van der Waals surface area contributed by atoms with E-state index in [0.717, 1.165) is 36.6 Å². The molecule has 0 fully saturated rings. The number of anilines is 1. The lowest BCUT2D eigenvalue weighted by atomic mass is 10.0. The topological polar surface area (TPSA) is 53.1 Å². The van der Waals surface area contributed by atoms with Crippen LogP contribution in [0.3, 0.4) is 0 Å². The van der Waals surface area contributed by atoms with E-state index in [4.69, 9.17) is 10.5 Å². The highest BCUT2D eigenvalue weighted by molar-refractivity contribution is 5.39. The van der Waals surface area contributed by atoms with Gasteiger partial charge in [-0.25, -0.2) is 4.98 Å². The minimum atomic E-state index is -0.245. The molecular formula is C14H25N3O. The monoisotopic (exact) mass is 251 g/mol. The molecule has 0 saturated carbocycles. The van der Waals surface area contributed by atoms with Crippen LogP contribution in [0.5, 0.6) is 0 Å². The van der Waals surface area contributed by atoms with Crippen LogP contribution < -0.4 is 5.73 Å². The molecule has 0 atom stereocenters. The third-order valence-electron chi connectivity index (χ3n) is 3.09. The molecular weight excluding hydrogens is 226 g/mol. The quantitative estimate of drug-likeness (QED) is 0.758. The number of hydrogen-bond acceptors (Lipinski definition) is 3. The number of aromatic nitrogens is 2. The third-order valence-corrected chi connectivity index (χ3v) is 3.09. The Hall–Kier alpha value is -1.29. The fourth-order valence-corrected chi connectivity index (χ4v) is 1.92. The van der Waals surface area contributed by atoms with Crippen molar-refractivity contribution in [3.05, 3.63) is 24.2 Å². The Labute approximate surface area is 110 Å². The molecule has 2 N–H and O–H groups in total. The second-order valence-corrected chi connectivity index (χ2v) is 5.15. The summed E-state index contributed by atoms with van der Waals surface area (Å²) in [6.45, 7) is 10.7. The summed E-state index contributed by atoms with van der Waals surface area (Å²) in [5.41, 5.74) is 6.86. The van der Waals surface area contributed by atoms with Gasteiger partial charge >= 0.3 is 0 Å². The van der Waals surface area contributed by atoms with E-state index in [2.05, 4.69) is 18.5 Å². The van der Waals surface area contributed by atoms with Crippen molar-refractivity contribution in [1.82, 2.24) is 9.55 Å². The van der Waals surface area contributed by atoms with E-state index in [0.29, 0.717) is 6.54 Å². The van der Waals surface area contributed by atoms with Gasteiger partial charge in [-0.05, 0) is 20.3 Å². The zero-order valence-electron chi connectivity index (χ0n) is 12.0. The van der Waals surface area contributed by atoms with Gasteiger partial charge in [-0.3, -0.25) is 0 Å². The van der Waals surface area contributed by atoms with Gasteiger partial charge in [0.25, 0.3) is 0 Å². The highest BCUT2D eigenvalue weighted by Gasteiger charge is 2.22. The average Bonchev–Trinajstić information content (AvgIpc) is 2.58. The first-order valence-corrected chi connectivity index (χ1v) is 6.45. The molecule has 0 aliphatic rings. The van der Waals surface area contributed by atoms with Crippen LogP contribution in [0.25, 0.3) is 0 Å². The molecule has 0 amide bonds. The maximum Gasteiger partial charge on any atom is 0.127 e. The van der Waals surface area contributed by atoms with Crippen molar-refractivity contribution in [2.24, 2.45) is 0 Å². The third kappa shape index (κ3) is 3.35. The van der Waals surface area contributed by atoms with Crippen molar-refractivity contribution in [1.29, 1.82) is 0 Å². The van der Waals surface area contributed by atoms with Gasteiger partial charge < -0.3 is 15.0 Å². The average molecular weight is 251 g/mol. The molecule has 0 spiro atoms. The molecule has 1 heterocycles. The summed E-state index contributed by atoms with van der Waals surface area (Å²) in [5.74, 6) is 1.78. The molecule has 4 heteroatoms. The molecule has 0 aliphatic carbocycles. The standard InChI is InChI=1S/C14H25N3O/c1-6-8-12-16-11(10-14(3,4)18-5)13(15)17(12)9-7-2/h7H,2,6,8-10,15H2,1,3-5H3. The van der Waals surface area contributed by atoms with E-state index in [9.17, 15) is 0 Å². The van der Waals surface area contributed by atoms with Crippen LogP contribution in [-0.2, 0) is 24.1 Å². The minimum Gasteiger partial charge on any atom is -0.384 e. The lowest BCUT2D eigenvalue weighted by molar-refractivity contribution is 0.0226. The molecule has 0 aromatic carbocycles. The van der Waals surface area contributed by atoms with E-state index in [1.54, 1.807) is 7.11 Å². The fraction of sp³-hybridized carbons (Fsp3) is 0.643. The summed E-state index contributed by atoms with van der Waals surface area (Å²) in [4.78, 5) is 4.66. The Morgan fingerprint density at radius 3 is 2.67 bits per heavy atom. The molecule has 0 radical (unpaired) electrons. The molecule has 1 aromatic rings. The van der Waals surface area contributed by atoms with Gasteiger partial charge in [0.1, 0.15) is 11.6 Å². The Morgan fingerprint density at radius 2 is 2.17 bits per heavy atom. The number of nitrogens with zero attached hydrogens (tertiary/aromatic N) is 2. The lowest BCUT2D eigenvalue weighted by Crippen LogP contribution is -2.26. The summed E-state index contributed by atoms with van der Waals surface area (Å²) >= 11 is 0. The van der Waals surface area contributed by atoms with Gasteiger partial charge in [0, 0.05) is 26.5 Å². The van der Waals surface area contributed by atoms with Gasteiger partial charge in [-0.1, -0.05) is 13.0 Å². The van der Waals surface area contributed by atoms with Crippen LogP contribution in [0.1, 0.15) is 38.7 Å². The zero-order valence-corrected chi connectivity index (χ0v) is 12.0. The van der Waals surface area contributed by atoms with Crippen LogP contribution in [0, 0.1) is 0 Å². The second-order valence-electron chi connectivity index (χ2n) is 5.15. The summed E-state index contributed by atoms with van der Waals surface area (Å²) < 4.78 is 7.48. The van der Waals surface area contributed by atoms with Gasteiger partial charge in [0.15, 0.2) is 0 Å². The largest absolute Gasteiger partial charge is 0.384 e. The molecule has 102 valence electrons. The summed E-state index contributed by atoms with van der Waals surface area (Å²) in [5, 5.41) is 0. The first-order chi connectivity index (χ1) is 8.45. The molecule has 1 aromatic heterocycles. The smallest absolute Gasteiger partial charge is 0.127 e. The van der Waals surface area contributed by atoms with Crippen LogP contribution in [0.15, 0.2) is 12.7 Å². The van der Waals surface area contributed by atoms with Gasteiger partial charge in [-0.2, -0.15) is 0 Å². The Morgan fingerprint density at radius 1 is 1.50 bits per heavy atom. The second kappa shape index (κ2) is 6.05. The molecule has 4 nitrogen and oxygen atoms in total. The Balaban J connectivity index is 3.06. The highest BCUT2D eigenvalue weighted by atomic mass is 16.5. The van der Waals surface area contributed by atoms with E-state index in [1.807, 2.05) is 24.5 Å². The normalized spacial score (nSPS) is 11.8. The van der Waals surface area contributed by atoms with Crippen molar-refractivity contribution < 1.29 is 4.74 Å². The van der Waals surface area contributed by atoms with Crippen molar-refractivity contribution in [3.8, 4) is 0 Å². The van der Waals surface area contributed by atoms with Crippen molar-refractivity contribution in [2.75, 3.05) is 12.8 Å². The summed E-state index contributed by atoms with van der Waals surface area (Å²) in [7, 11) is 1.71. The molecule has 1 rings (SSSR count). The summed E-state index contributed by atoms with van der Waals surface area (Å²) in [6.07, 6.45) is 4.56. The first-order valence-electron chi connectivity index (χ1n) is 6.45. The number of ether oxygens (including phenoxy) is 1. The zero-order chi connectivity index (χ0) is 13.8. The predicted octanol–water partition coefficient (Wildman–Crippen LogP) is 2.57. The van der Waals surface area contributed by atoms with Crippen LogP contribution in [0.2, 0.25) is 0 Å². The van der Waals surface area contributed by atoms with Crippen molar-refractivity contribution >= 4 is 5.82 Å². The first kappa shape index (κ1) is 14.8. The Bertz CT molecular complexity index is 407. The van der Waals surface area contributed by atoms with Gasteiger partial charge in [0.2, 0.25) is 0 Å². The SMILES string of the molecule is C=CCn1c(CCC)nc(CC(C)(C)OC)c1N. The van der Waals surface area contributed by atoms with Crippen LogP contribution in [-0.4, -0.2) is 22.3 Å². The minimum absolute atomic E-state index is 0.245. The van der Waals surface area contributed by atoms with Crippen molar-refractivity contribution in [3.63, 3.8) is 0 Å². The number of nitrogens with two attached hydrogens (primary N) is 1. The summed E-state index contributed by atoms with van der Waals surface area (Å²) in [6, 6.07) is 0. The van der Waals surface area contributed by atoms with E-state index in [1.165, 1.54) is 0 Å². The number of allylic oxidation sites excluding steroid dienone is 1. The fourth-order valence-electron chi connectivity index (χ4n) is 1.92. The number of nitrogen functional groups attached to an aromatic ring is 1. The number of imidazole rings is 1. The van der Waals surface area contributed by atoms with E-state index < -0.39 is 0 Å². The molecule has 0 saturated heterocycles.